The highest BCUT2D eigenvalue weighted by atomic mass is 16.2. The van der Waals surface area contributed by atoms with Gasteiger partial charge in [0.2, 0.25) is 11.8 Å². The molecule has 0 radical (unpaired) electrons. The predicted octanol–water partition coefficient (Wildman–Crippen LogP) is 1.30. The van der Waals surface area contributed by atoms with Crippen molar-refractivity contribution in [3.8, 4) is 0 Å². The molecule has 0 spiro atoms. The Balaban J connectivity index is 2.09. The molecule has 4 nitrogen and oxygen atoms in total. The largest absolute Gasteiger partial charge is 0.340 e. The quantitative estimate of drug-likeness (QED) is 0.802. The monoisotopic (exact) mass is 238 g/mol. The summed E-state index contributed by atoms with van der Waals surface area (Å²) in [4.78, 5) is 25.8. The lowest BCUT2D eigenvalue weighted by atomic mass is 9.93. The van der Waals surface area contributed by atoms with Crippen molar-refractivity contribution < 1.29 is 9.59 Å². The Kier molecular flexibility index (Phi) is 3.15. The van der Waals surface area contributed by atoms with E-state index in [1.54, 1.807) is 4.90 Å². The third-order valence-electron chi connectivity index (χ3n) is 4.07. The van der Waals surface area contributed by atoms with Crippen molar-refractivity contribution in [2.75, 3.05) is 6.54 Å². The first-order chi connectivity index (χ1) is 7.96. The minimum atomic E-state index is -0.701. The van der Waals surface area contributed by atoms with Crippen LogP contribution in [0.3, 0.4) is 0 Å². The van der Waals surface area contributed by atoms with E-state index in [0.717, 1.165) is 12.3 Å². The van der Waals surface area contributed by atoms with Crippen LogP contribution >= 0.6 is 0 Å². The van der Waals surface area contributed by atoms with Crippen LogP contribution in [0.2, 0.25) is 0 Å². The summed E-state index contributed by atoms with van der Waals surface area (Å²) in [6.07, 6.45) is 4.25. The van der Waals surface area contributed by atoms with E-state index >= 15 is 0 Å². The molecular weight excluding hydrogens is 216 g/mol. The van der Waals surface area contributed by atoms with E-state index in [-0.39, 0.29) is 24.4 Å². The van der Waals surface area contributed by atoms with Crippen molar-refractivity contribution in [2.45, 2.75) is 58.0 Å². The Hall–Kier alpha value is -1.06. The first kappa shape index (κ1) is 12.4. The normalized spacial score (nSPS) is 31.4. The minimum Gasteiger partial charge on any atom is -0.340 e. The molecule has 2 fully saturated rings. The molecule has 1 saturated carbocycles. The highest BCUT2D eigenvalue weighted by Gasteiger charge is 2.43. The van der Waals surface area contributed by atoms with Crippen LogP contribution in [0.5, 0.6) is 0 Å². The van der Waals surface area contributed by atoms with E-state index in [1.165, 1.54) is 12.8 Å². The zero-order chi connectivity index (χ0) is 12.6. The van der Waals surface area contributed by atoms with Crippen LogP contribution in [0.1, 0.15) is 46.5 Å². The van der Waals surface area contributed by atoms with Crippen molar-refractivity contribution in [2.24, 2.45) is 5.92 Å². The van der Waals surface area contributed by atoms with Gasteiger partial charge in [0.15, 0.2) is 0 Å². The zero-order valence-electron chi connectivity index (χ0n) is 11.0. The highest BCUT2D eigenvalue weighted by molar-refractivity contribution is 5.97. The fraction of sp³-hybridized carbons (Fsp3) is 0.846. The number of hydrogen-bond donors (Lipinski definition) is 1. The molecule has 0 bridgehead atoms. The Bertz CT molecular complexity index is 338. The van der Waals surface area contributed by atoms with Gasteiger partial charge >= 0.3 is 0 Å². The number of amides is 2. The summed E-state index contributed by atoms with van der Waals surface area (Å²) >= 11 is 0. The van der Waals surface area contributed by atoms with Crippen LogP contribution in [0, 0.1) is 5.92 Å². The van der Waals surface area contributed by atoms with Crippen molar-refractivity contribution in [3.05, 3.63) is 0 Å². The van der Waals surface area contributed by atoms with E-state index in [9.17, 15) is 9.59 Å². The maximum absolute atomic E-state index is 12.4. The van der Waals surface area contributed by atoms with E-state index in [4.69, 9.17) is 0 Å². The molecule has 1 saturated heterocycles. The van der Waals surface area contributed by atoms with Gasteiger partial charge in [0, 0.05) is 6.04 Å². The second-order valence-corrected chi connectivity index (χ2v) is 5.69. The smallest absolute Gasteiger partial charge is 0.248 e. The van der Waals surface area contributed by atoms with Crippen LogP contribution < -0.4 is 5.32 Å². The van der Waals surface area contributed by atoms with E-state index < -0.39 is 5.54 Å². The summed E-state index contributed by atoms with van der Waals surface area (Å²) in [5, 5.41) is 2.82. The third kappa shape index (κ3) is 2.45. The topological polar surface area (TPSA) is 49.4 Å². The average Bonchev–Trinajstić information content (AvgIpc) is 3.07. The van der Waals surface area contributed by atoms with Crippen LogP contribution in [-0.4, -0.2) is 34.8 Å². The molecule has 0 aromatic carbocycles. The molecule has 96 valence electrons. The van der Waals surface area contributed by atoms with Gasteiger partial charge in [-0.25, -0.2) is 0 Å². The fourth-order valence-corrected chi connectivity index (χ4v) is 2.50. The van der Waals surface area contributed by atoms with Gasteiger partial charge in [-0.1, -0.05) is 19.8 Å². The summed E-state index contributed by atoms with van der Waals surface area (Å²) in [7, 11) is 0. The molecule has 1 aliphatic carbocycles. The highest BCUT2D eigenvalue weighted by Crippen LogP contribution is 2.35. The Morgan fingerprint density at radius 1 is 1.47 bits per heavy atom. The lowest BCUT2D eigenvalue weighted by Gasteiger charge is -2.42. The lowest BCUT2D eigenvalue weighted by molar-refractivity contribution is -0.151. The Morgan fingerprint density at radius 3 is 2.65 bits per heavy atom. The number of nitrogens with zero attached hydrogens (tertiary/aromatic N) is 1. The van der Waals surface area contributed by atoms with Gasteiger partial charge in [-0.3, -0.25) is 9.59 Å². The van der Waals surface area contributed by atoms with Gasteiger partial charge < -0.3 is 10.2 Å². The molecule has 2 unspecified atom stereocenters. The van der Waals surface area contributed by atoms with Crippen molar-refractivity contribution in [1.82, 2.24) is 10.2 Å². The van der Waals surface area contributed by atoms with Gasteiger partial charge in [0.1, 0.15) is 5.54 Å². The number of piperazine rings is 1. The molecule has 1 N–H and O–H groups in total. The molecule has 2 rings (SSSR count). The molecule has 2 amide bonds. The van der Waals surface area contributed by atoms with E-state index in [1.807, 2.05) is 13.8 Å². The van der Waals surface area contributed by atoms with Gasteiger partial charge in [0.05, 0.1) is 6.54 Å². The van der Waals surface area contributed by atoms with Gasteiger partial charge in [0.25, 0.3) is 0 Å². The van der Waals surface area contributed by atoms with Crippen LogP contribution in [0.4, 0.5) is 0 Å². The molecular formula is C13H22N2O2. The number of carbonyl (C=O) groups is 2. The second kappa shape index (κ2) is 4.31. The second-order valence-electron chi connectivity index (χ2n) is 5.69. The maximum Gasteiger partial charge on any atom is 0.248 e. The Morgan fingerprint density at radius 2 is 2.12 bits per heavy atom. The van der Waals surface area contributed by atoms with Crippen LogP contribution in [0.15, 0.2) is 0 Å². The predicted molar refractivity (Wildman–Crippen MR) is 65.4 cm³/mol. The number of rotatable bonds is 4. The molecule has 4 heteroatoms. The molecule has 2 atom stereocenters. The fourth-order valence-electron chi connectivity index (χ4n) is 2.50. The standard InChI is InChI=1S/C13H22N2O2/c1-4-13(3)12(17)15(8-11(16)14-13)9(2)7-10-5-6-10/h9-10H,4-8H2,1-3H3,(H,14,16). The average molecular weight is 238 g/mol. The summed E-state index contributed by atoms with van der Waals surface area (Å²) < 4.78 is 0. The van der Waals surface area contributed by atoms with Crippen LogP contribution in [0.25, 0.3) is 0 Å². The van der Waals surface area contributed by atoms with Gasteiger partial charge in [-0.15, -0.1) is 0 Å². The number of nitrogens with one attached hydrogen (secondary N) is 1. The summed E-state index contributed by atoms with van der Waals surface area (Å²) in [5.41, 5.74) is -0.701. The van der Waals surface area contributed by atoms with Crippen molar-refractivity contribution in [3.63, 3.8) is 0 Å². The summed E-state index contributed by atoms with van der Waals surface area (Å²) in [5.74, 6) is 0.819. The summed E-state index contributed by atoms with van der Waals surface area (Å²) in [6, 6.07) is 0.187. The molecule has 17 heavy (non-hydrogen) atoms. The van der Waals surface area contributed by atoms with Crippen LogP contribution in [-0.2, 0) is 9.59 Å². The molecule has 1 heterocycles. The SMILES string of the molecule is CCC1(C)NC(=O)CN(C(C)CC2CC2)C1=O. The van der Waals surface area contributed by atoms with Crippen molar-refractivity contribution >= 4 is 11.8 Å². The zero-order valence-corrected chi connectivity index (χ0v) is 11.0. The number of carbonyl (C=O) groups excluding carboxylic acids is 2. The van der Waals surface area contributed by atoms with E-state index in [0.29, 0.717) is 6.42 Å². The maximum atomic E-state index is 12.4. The summed E-state index contributed by atoms with van der Waals surface area (Å²) in [6.45, 7) is 6.05. The van der Waals surface area contributed by atoms with Gasteiger partial charge in [-0.2, -0.15) is 0 Å². The molecule has 2 aliphatic rings. The molecule has 0 aromatic heterocycles. The van der Waals surface area contributed by atoms with Crippen molar-refractivity contribution in [1.29, 1.82) is 0 Å². The molecule has 1 aliphatic heterocycles. The first-order valence-electron chi connectivity index (χ1n) is 6.58. The van der Waals surface area contributed by atoms with E-state index in [2.05, 4.69) is 12.2 Å². The Labute approximate surface area is 103 Å². The van der Waals surface area contributed by atoms with Gasteiger partial charge in [-0.05, 0) is 32.6 Å². The minimum absolute atomic E-state index is 0.0309. The molecule has 0 aromatic rings. The first-order valence-corrected chi connectivity index (χ1v) is 6.58. The lowest BCUT2D eigenvalue weighted by Crippen LogP contribution is -2.66. The third-order valence-corrected chi connectivity index (χ3v) is 4.07. The number of hydrogen-bond acceptors (Lipinski definition) is 2.